The van der Waals surface area contributed by atoms with Gasteiger partial charge in [-0.3, -0.25) is 4.68 Å². The molecule has 1 N–H and O–H groups in total. The Balaban J connectivity index is 1.98. The van der Waals surface area contributed by atoms with E-state index in [1.807, 2.05) is 30.8 Å². The number of hydrogen-bond acceptors (Lipinski definition) is 4. The van der Waals surface area contributed by atoms with E-state index < -0.39 is 0 Å². The van der Waals surface area contributed by atoms with Gasteiger partial charge >= 0.3 is 0 Å². The third-order valence-electron chi connectivity index (χ3n) is 2.96. The maximum absolute atomic E-state index is 5.69. The molecule has 0 bridgehead atoms. The summed E-state index contributed by atoms with van der Waals surface area (Å²) in [6.07, 6.45) is 2.74. The molecule has 0 amide bonds. The van der Waals surface area contributed by atoms with Crippen molar-refractivity contribution in [2.75, 3.05) is 11.9 Å². The Kier molecular flexibility index (Phi) is 4.63. The van der Waals surface area contributed by atoms with Crippen molar-refractivity contribution in [2.24, 2.45) is 7.05 Å². The molecular formula is C14H21N3O2. The fraction of sp³-hybridized carbons (Fsp3) is 0.500. The van der Waals surface area contributed by atoms with Gasteiger partial charge in [-0.05, 0) is 25.5 Å². The number of nitrogens with one attached hydrogen (secondary N) is 1. The number of aromatic nitrogens is 2. The zero-order valence-corrected chi connectivity index (χ0v) is 11.8. The zero-order chi connectivity index (χ0) is 13.7. The lowest BCUT2D eigenvalue weighted by atomic mass is 10.2. The quantitative estimate of drug-likeness (QED) is 0.834. The molecule has 0 saturated heterocycles. The predicted octanol–water partition coefficient (Wildman–Crippen LogP) is 2.86. The van der Waals surface area contributed by atoms with Crippen LogP contribution in [0.1, 0.15) is 30.4 Å². The first kappa shape index (κ1) is 13.7. The average molecular weight is 263 g/mol. The van der Waals surface area contributed by atoms with Crippen molar-refractivity contribution in [3.8, 4) is 0 Å². The van der Waals surface area contributed by atoms with Crippen LogP contribution in [0.4, 0.5) is 5.82 Å². The summed E-state index contributed by atoms with van der Waals surface area (Å²) in [5, 5.41) is 7.82. The minimum atomic E-state index is 0.481. The number of hydrogen-bond donors (Lipinski definition) is 1. The maximum Gasteiger partial charge on any atom is 0.129 e. The van der Waals surface area contributed by atoms with Gasteiger partial charge < -0.3 is 14.5 Å². The molecule has 0 atom stereocenters. The molecule has 0 radical (unpaired) electrons. The highest BCUT2D eigenvalue weighted by atomic mass is 16.5. The molecule has 2 aromatic heterocycles. The lowest BCUT2D eigenvalue weighted by Crippen LogP contribution is -2.07. The van der Waals surface area contributed by atoms with E-state index in [2.05, 4.69) is 17.3 Å². The molecule has 19 heavy (non-hydrogen) atoms. The van der Waals surface area contributed by atoms with Gasteiger partial charge in [0.25, 0.3) is 0 Å². The molecule has 5 nitrogen and oxygen atoms in total. The second-order valence-electron chi connectivity index (χ2n) is 4.54. The van der Waals surface area contributed by atoms with Crippen LogP contribution in [0.15, 0.2) is 22.8 Å². The van der Waals surface area contributed by atoms with E-state index in [0.29, 0.717) is 13.2 Å². The van der Waals surface area contributed by atoms with Crippen LogP contribution in [0.25, 0.3) is 0 Å². The minimum Gasteiger partial charge on any atom is -0.467 e. The predicted molar refractivity (Wildman–Crippen MR) is 73.9 cm³/mol. The Morgan fingerprint density at radius 3 is 2.95 bits per heavy atom. The van der Waals surface area contributed by atoms with Gasteiger partial charge in [-0.15, -0.1) is 0 Å². The molecule has 0 aliphatic heterocycles. The van der Waals surface area contributed by atoms with E-state index in [-0.39, 0.29) is 0 Å². The molecule has 0 fully saturated rings. The molecule has 2 aromatic rings. The average Bonchev–Trinajstić information content (AvgIpc) is 2.97. The highest BCUT2D eigenvalue weighted by molar-refractivity contribution is 5.47. The molecule has 104 valence electrons. The van der Waals surface area contributed by atoms with Crippen molar-refractivity contribution in [3.63, 3.8) is 0 Å². The summed E-state index contributed by atoms with van der Waals surface area (Å²) in [7, 11) is 1.95. The first-order valence-corrected chi connectivity index (χ1v) is 6.58. The van der Waals surface area contributed by atoms with E-state index in [1.165, 1.54) is 0 Å². The summed E-state index contributed by atoms with van der Waals surface area (Å²) in [5.74, 6) is 1.88. The molecule has 2 rings (SSSR count). The zero-order valence-electron chi connectivity index (χ0n) is 11.8. The van der Waals surface area contributed by atoms with Crippen molar-refractivity contribution in [1.82, 2.24) is 9.78 Å². The van der Waals surface area contributed by atoms with Gasteiger partial charge in [0, 0.05) is 19.2 Å². The lowest BCUT2D eigenvalue weighted by Gasteiger charge is -2.09. The SMILES string of the molecule is CCCNc1c(COCc2ccco2)c(C)nn1C. The second kappa shape index (κ2) is 6.43. The second-order valence-corrected chi connectivity index (χ2v) is 4.54. The van der Waals surface area contributed by atoms with Crippen LogP contribution in [0.5, 0.6) is 0 Å². The first-order valence-electron chi connectivity index (χ1n) is 6.58. The number of furan rings is 1. The van der Waals surface area contributed by atoms with Gasteiger partial charge in [-0.25, -0.2) is 0 Å². The van der Waals surface area contributed by atoms with Gasteiger partial charge in [0.2, 0.25) is 0 Å². The lowest BCUT2D eigenvalue weighted by molar-refractivity contribution is 0.0929. The summed E-state index contributed by atoms with van der Waals surface area (Å²) in [6, 6.07) is 3.77. The molecule has 0 aliphatic rings. The van der Waals surface area contributed by atoms with Crippen LogP contribution < -0.4 is 5.32 Å². The third-order valence-corrected chi connectivity index (χ3v) is 2.96. The van der Waals surface area contributed by atoms with Gasteiger partial charge in [0.15, 0.2) is 0 Å². The van der Waals surface area contributed by atoms with Crippen LogP contribution in [-0.4, -0.2) is 16.3 Å². The summed E-state index contributed by atoms with van der Waals surface area (Å²) in [4.78, 5) is 0. The third kappa shape index (κ3) is 3.38. The summed E-state index contributed by atoms with van der Waals surface area (Å²) >= 11 is 0. The number of rotatable bonds is 7. The smallest absolute Gasteiger partial charge is 0.129 e. The van der Waals surface area contributed by atoms with Crippen molar-refractivity contribution >= 4 is 5.82 Å². The molecule has 0 unspecified atom stereocenters. The van der Waals surface area contributed by atoms with E-state index >= 15 is 0 Å². The Labute approximate surface area is 113 Å². The summed E-state index contributed by atoms with van der Waals surface area (Å²) in [5.41, 5.74) is 2.11. The van der Waals surface area contributed by atoms with Crippen LogP contribution in [0.2, 0.25) is 0 Å². The highest BCUT2D eigenvalue weighted by Gasteiger charge is 2.12. The topological polar surface area (TPSA) is 52.2 Å². The Bertz CT molecular complexity index is 503. The molecule has 0 saturated carbocycles. The normalized spacial score (nSPS) is 10.9. The molecule has 0 aromatic carbocycles. The molecule has 0 spiro atoms. The van der Waals surface area contributed by atoms with Crippen molar-refractivity contribution in [1.29, 1.82) is 0 Å². The van der Waals surface area contributed by atoms with E-state index in [9.17, 15) is 0 Å². The van der Waals surface area contributed by atoms with Gasteiger partial charge in [0.05, 0.1) is 18.6 Å². The van der Waals surface area contributed by atoms with Crippen LogP contribution in [-0.2, 0) is 25.0 Å². The highest BCUT2D eigenvalue weighted by Crippen LogP contribution is 2.20. The van der Waals surface area contributed by atoms with Gasteiger partial charge in [-0.2, -0.15) is 5.10 Å². The molecule has 5 heteroatoms. The summed E-state index contributed by atoms with van der Waals surface area (Å²) < 4.78 is 12.8. The fourth-order valence-electron chi connectivity index (χ4n) is 1.99. The molecule has 2 heterocycles. The van der Waals surface area contributed by atoms with Crippen LogP contribution in [0.3, 0.4) is 0 Å². The van der Waals surface area contributed by atoms with Crippen molar-refractivity contribution < 1.29 is 9.15 Å². The minimum absolute atomic E-state index is 0.481. The van der Waals surface area contributed by atoms with E-state index in [1.54, 1.807) is 6.26 Å². The standard InChI is InChI=1S/C14H21N3O2/c1-4-7-15-14-13(11(2)16-17(14)3)10-18-9-12-6-5-8-19-12/h5-6,8,15H,4,7,9-10H2,1-3H3. The van der Waals surface area contributed by atoms with Crippen LogP contribution >= 0.6 is 0 Å². The van der Waals surface area contributed by atoms with E-state index in [0.717, 1.165) is 35.8 Å². The Morgan fingerprint density at radius 2 is 2.26 bits per heavy atom. The molecular weight excluding hydrogens is 242 g/mol. The van der Waals surface area contributed by atoms with E-state index in [4.69, 9.17) is 9.15 Å². The van der Waals surface area contributed by atoms with Gasteiger partial charge in [0.1, 0.15) is 18.2 Å². The van der Waals surface area contributed by atoms with Crippen LogP contribution in [0, 0.1) is 6.92 Å². The molecule has 0 aliphatic carbocycles. The van der Waals surface area contributed by atoms with Crippen molar-refractivity contribution in [2.45, 2.75) is 33.5 Å². The number of ether oxygens (including phenoxy) is 1. The maximum atomic E-state index is 5.69. The first-order chi connectivity index (χ1) is 9.22. The number of nitrogens with zero attached hydrogens (tertiary/aromatic N) is 2. The monoisotopic (exact) mass is 263 g/mol. The number of aryl methyl sites for hydroxylation is 2. The Hall–Kier alpha value is -1.75. The number of anilines is 1. The largest absolute Gasteiger partial charge is 0.467 e. The summed E-state index contributed by atoms with van der Waals surface area (Å²) in [6.45, 7) is 6.09. The van der Waals surface area contributed by atoms with Crippen molar-refractivity contribution in [3.05, 3.63) is 35.4 Å². The Morgan fingerprint density at radius 1 is 1.42 bits per heavy atom. The van der Waals surface area contributed by atoms with Gasteiger partial charge in [-0.1, -0.05) is 6.92 Å². The fourth-order valence-corrected chi connectivity index (χ4v) is 1.99.